The highest BCUT2D eigenvalue weighted by Gasteiger charge is 2.50. The Bertz CT molecular complexity index is 477. The van der Waals surface area contributed by atoms with E-state index in [1.807, 2.05) is 6.92 Å². The molecule has 0 atom stereocenters. The van der Waals surface area contributed by atoms with E-state index in [1.165, 1.54) is 0 Å². The van der Waals surface area contributed by atoms with Crippen LogP contribution in [0.3, 0.4) is 0 Å². The first-order valence-electron chi connectivity index (χ1n) is 6.32. The SMILES string of the molecule is CCOc1ccc(C(=O)NCC2(C(=O)O)CC2)cc1. The smallest absolute Gasteiger partial charge is 0.311 e. The van der Waals surface area contributed by atoms with E-state index in [4.69, 9.17) is 9.84 Å². The Morgan fingerprint density at radius 3 is 2.42 bits per heavy atom. The highest BCUT2D eigenvalue weighted by Crippen LogP contribution is 2.45. The summed E-state index contributed by atoms with van der Waals surface area (Å²) in [6.07, 6.45) is 1.26. The number of amides is 1. The number of ether oxygens (including phenoxy) is 1. The molecule has 2 N–H and O–H groups in total. The summed E-state index contributed by atoms with van der Waals surface area (Å²) in [5.74, 6) is -0.377. The molecule has 0 aliphatic heterocycles. The van der Waals surface area contributed by atoms with Gasteiger partial charge in [-0.05, 0) is 44.0 Å². The second-order valence-corrected chi connectivity index (χ2v) is 4.73. The van der Waals surface area contributed by atoms with Crippen molar-refractivity contribution in [2.45, 2.75) is 19.8 Å². The molecule has 0 heterocycles. The molecule has 0 unspecified atom stereocenters. The van der Waals surface area contributed by atoms with Crippen LogP contribution >= 0.6 is 0 Å². The summed E-state index contributed by atoms with van der Waals surface area (Å²) in [4.78, 5) is 22.8. The number of rotatable bonds is 6. The standard InChI is InChI=1S/C14H17NO4/c1-2-19-11-5-3-10(4-6-11)12(16)15-9-14(7-8-14)13(17)18/h3-6H,2,7-9H2,1H3,(H,15,16)(H,17,18). The van der Waals surface area contributed by atoms with Crippen LogP contribution in [0.1, 0.15) is 30.1 Å². The highest BCUT2D eigenvalue weighted by atomic mass is 16.5. The molecule has 102 valence electrons. The highest BCUT2D eigenvalue weighted by molar-refractivity contribution is 5.94. The Kier molecular flexibility index (Phi) is 3.74. The predicted octanol–water partition coefficient (Wildman–Crippen LogP) is 1.68. The van der Waals surface area contributed by atoms with Crippen molar-refractivity contribution in [3.8, 4) is 5.75 Å². The fraction of sp³-hybridized carbons (Fsp3) is 0.429. The van der Waals surface area contributed by atoms with E-state index in [0.29, 0.717) is 30.8 Å². The number of carbonyl (C=O) groups is 2. The van der Waals surface area contributed by atoms with Gasteiger partial charge in [-0.1, -0.05) is 0 Å². The van der Waals surface area contributed by atoms with Gasteiger partial charge < -0.3 is 15.2 Å². The fourth-order valence-electron chi connectivity index (χ4n) is 1.84. The quantitative estimate of drug-likeness (QED) is 0.818. The van der Waals surface area contributed by atoms with Crippen LogP contribution in [0.2, 0.25) is 0 Å². The van der Waals surface area contributed by atoms with Crippen LogP contribution in [0.25, 0.3) is 0 Å². The molecule has 1 aliphatic rings. The van der Waals surface area contributed by atoms with Crippen molar-refractivity contribution >= 4 is 11.9 Å². The molecule has 5 heteroatoms. The van der Waals surface area contributed by atoms with Crippen LogP contribution < -0.4 is 10.1 Å². The van der Waals surface area contributed by atoms with E-state index in [0.717, 1.165) is 0 Å². The van der Waals surface area contributed by atoms with Crippen LogP contribution in [-0.4, -0.2) is 30.1 Å². The third-order valence-electron chi connectivity index (χ3n) is 3.32. The number of carboxylic acid groups (broad SMARTS) is 1. The minimum Gasteiger partial charge on any atom is -0.494 e. The second-order valence-electron chi connectivity index (χ2n) is 4.73. The molecule has 1 saturated carbocycles. The first-order chi connectivity index (χ1) is 9.07. The van der Waals surface area contributed by atoms with Crippen molar-refractivity contribution in [2.24, 2.45) is 5.41 Å². The monoisotopic (exact) mass is 263 g/mol. The third kappa shape index (κ3) is 3.05. The van der Waals surface area contributed by atoms with Gasteiger partial charge in [0.25, 0.3) is 5.91 Å². The maximum atomic E-state index is 11.9. The minimum absolute atomic E-state index is 0.189. The number of hydrogen-bond acceptors (Lipinski definition) is 3. The maximum Gasteiger partial charge on any atom is 0.311 e. The van der Waals surface area contributed by atoms with Crippen molar-refractivity contribution in [2.75, 3.05) is 13.2 Å². The summed E-state index contributed by atoms with van der Waals surface area (Å²) in [5.41, 5.74) is -0.231. The Morgan fingerprint density at radius 2 is 1.95 bits per heavy atom. The Morgan fingerprint density at radius 1 is 1.32 bits per heavy atom. The zero-order valence-electron chi connectivity index (χ0n) is 10.8. The Balaban J connectivity index is 1.91. The van der Waals surface area contributed by atoms with Gasteiger partial charge >= 0.3 is 5.97 Å². The summed E-state index contributed by atoms with van der Waals surface area (Å²) < 4.78 is 5.29. The van der Waals surface area contributed by atoms with Gasteiger partial charge in [-0.15, -0.1) is 0 Å². The topological polar surface area (TPSA) is 75.6 Å². The van der Waals surface area contributed by atoms with Gasteiger partial charge in [0.1, 0.15) is 5.75 Å². The van der Waals surface area contributed by atoms with Crippen molar-refractivity contribution in [3.05, 3.63) is 29.8 Å². The predicted molar refractivity (Wildman–Crippen MR) is 69.2 cm³/mol. The van der Waals surface area contributed by atoms with Crippen molar-refractivity contribution in [3.63, 3.8) is 0 Å². The molecule has 1 aliphatic carbocycles. The number of carbonyl (C=O) groups excluding carboxylic acids is 1. The maximum absolute atomic E-state index is 11.9. The Hall–Kier alpha value is -2.04. The van der Waals surface area contributed by atoms with Gasteiger partial charge in [-0.2, -0.15) is 0 Å². The molecule has 1 aromatic rings. The van der Waals surface area contributed by atoms with E-state index in [-0.39, 0.29) is 12.5 Å². The molecule has 1 aromatic carbocycles. The van der Waals surface area contributed by atoms with Gasteiger partial charge in [-0.25, -0.2) is 0 Å². The molecular formula is C14H17NO4. The van der Waals surface area contributed by atoms with Gasteiger partial charge in [0, 0.05) is 12.1 Å². The largest absolute Gasteiger partial charge is 0.494 e. The summed E-state index contributed by atoms with van der Waals surface area (Å²) >= 11 is 0. The Labute approximate surface area is 111 Å². The van der Waals surface area contributed by atoms with Gasteiger partial charge in [0.15, 0.2) is 0 Å². The number of benzene rings is 1. The molecule has 0 spiro atoms. The molecule has 19 heavy (non-hydrogen) atoms. The summed E-state index contributed by atoms with van der Waals surface area (Å²) in [6, 6.07) is 6.78. The van der Waals surface area contributed by atoms with E-state index < -0.39 is 11.4 Å². The zero-order valence-corrected chi connectivity index (χ0v) is 10.8. The summed E-state index contributed by atoms with van der Waals surface area (Å²) in [7, 11) is 0. The van der Waals surface area contributed by atoms with E-state index in [2.05, 4.69) is 5.32 Å². The average Bonchev–Trinajstić information content (AvgIpc) is 3.18. The van der Waals surface area contributed by atoms with Crippen molar-refractivity contribution in [1.29, 1.82) is 0 Å². The van der Waals surface area contributed by atoms with Crippen molar-refractivity contribution < 1.29 is 19.4 Å². The molecule has 1 fully saturated rings. The van der Waals surface area contributed by atoms with Crippen LogP contribution in [-0.2, 0) is 4.79 Å². The molecule has 1 amide bonds. The summed E-state index contributed by atoms with van der Waals surface area (Å²) in [5, 5.41) is 11.7. The molecule has 0 aromatic heterocycles. The number of aliphatic carboxylic acids is 1. The lowest BCUT2D eigenvalue weighted by atomic mass is 10.1. The van der Waals surface area contributed by atoms with Crippen molar-refractivity contribution in [1.82, 2.24) is 5.32 Å². The van der Waals surface area contributed by atoms with Gasteiger partial charge in [0.05, 0.1) is 12.0 Å². The minimum atomic E-state index is -0.834. The molecule has 2 rings (SSSR count). The molecular weight excluding hydrogens is 246 g/mol. The van der Waals surface area contributed by atoms with E-state index in [9.17, 15) is 9.59 Å². The first-order valence-corrected chi connectivity index (χ1v) is 6.32. The van der Waals surface area contributed by atoms with Gasteiger partial charge in [0.2, 0.25) is 0 Å². The lowest BCUT2D eigenvalue weighted by Crippen LogP contribution is -2.34. The third-order valence-corrected chi connectivity index (χ3v) is 3.32. The van der Waals surface area contributed by atoms with Crippen LogP contribution in [0, 0.1) is 5.41 Å². The lowest BCUT2D eigenvalue weighted by Gasteiger charge is -2.11. The molecule has 0 saturated heterocycles. The number of nitrogens with one attached hydrogen (secondary N) is 1. The van der Waals surface area contributed by atoms with E-state index in [1.54, 1.807) is 24.3 Å². The number of carboxylic acids is 1. The van der Waals surface area contributed by atoms with E-state index >= 15 is 0 Å². The fourth-order valence-corrected chi connectivity index (χ4v) is 1.84. The molecule has 0 radical (unpaired) electrons. The van der Waals surface area contributed by atoms with Crippen LogP contribution in [0.15, 0.2) is 24.3 Å². The summed E-state index contributed by atoms with van der Waals surface area (Å²) in [6.45, 7) is 2.66. The second kappa shape index (κ2) is 5.30. The molecule has 5 nitrogen and oxygen atoms in total. The number of hydrogen-bond donors (Lipinski definition) is 2. The average molecular weight is 263 g/mol. The van der Waals surface area contributed by atoms with Crippen LogP contribution in [0.4, 0.5) is 0 Å². The zero-order chi connectivity index (χ0) is 13.9. The van der Waals surface area contributed by atoms with Gasteiger partial charge in [-0.3, -0.25) is 9.59 Å². The first kappa shape index (κ1) is 13.4. The molecule has 0 bridgehead atoms. The normalized spacial score (nSPS) is 15.6. The van der Waals surface area contributed by atoms with Crippen LogP contribution in [0.5, 0.6) is 5.75 Å². The lowest BCUT2D eigenvalue weighted by molar-refractivity contribution is -0.143.